The van der Waals surface area contributed by atoms with Gasteiger partial charge in [-0.15, -0.1) is 0 Å². The molecule has 0 aromatic heterocycles. The van der Waals surface area contributed by atoms with Gasteiger partial charge in [-0.3, -0.25) is 0 Å². The second-order valence-corrected chi connectivity index (χ2v) is 5.31. The lowest BCUT2D eigenvalue weighted by Gasteiger charge is -2.16. The summed E-state index contributed by atoms with van der Waals surface area (Å²) < 4.78 is 38.6. The van der Waals surface area contributed by atoms with E-state index < -0.39 is 11.7 Å². The molecule has 2 nitrogen and oxygen atoms in total. The van der Waals surface area contributed by atoms with Gasteiger partial charge in [-0.1, -0.05) is 30.3 Å². The van der Waals surface area contributed by atoms with Gasteiger partial charge >= 0.3 is 6.18 Å². The van der Waals surface area contributed by atoms with Gasteiger partial charge in [0.2, 0.25) is 0 Å². The first kappa shape index (κ1) is 15.0. The summed E-state index contributed by atoms with van der Waals surface area (Å²) in [5.41, 5.74) is 6.68. The lowest BCUT2D eigenvalue weighted by Crippen LogP contribution is -2.12. The summed E-state index contributed by atoms with van der Waals surface area (Å²) in [4.78, 5) is 0. The molecule has 20 heavy (non-hydrogen) atoms. The molecule has 0 aliphatic carbocycles. The number of hydrogen-bond acceptors (Lipinski definition) is 2. The fourth-order valence-electron chi connectivity index (χ4n) is 1.78. The van der Waals surface area contributed by atoms with Crippen molar-refractivity contribution in [3.63, 3.8) is 0 Å². The van der Waals surface area contributed by atoms with E-state index in [1.165, 1.54) is 6.07 Å². The monoisotopic (exact) mass is 392 g/mol. The maximum absolute atomic E-state index is 12.9. The highest BCUT2D eigenvalue weighted by Crippen LogP contribution is 2.38. The highest BCUT2D eigenvalue weighted by molar-refractivity contribution is 14.1. The van der Waals surface area contributed by atoms with Gasteiger partial charge in [0.1, 0.15) is 0 Å². The van der Waals surface area contributed by atoms with E-state index >= 15 is 0 Å². The summed E-state index contributed by atoms with van der Waals surface area (Å²) in [5, 5.41) is 2.98. The molecule has 0 aliphatic heterocycles. The Bertz CT molecular complexity index is 597. The summed E-state index contributed by atoms with van der Waals surface area (Å²) in [7, 11) is 0. The third kappa shape index (κ3) is 3.36. The Morgan fingerprint density at radius 3 is 2.30 bits per heavy atom. The Morgan fingerprint density at radius 1 is 1.05 bits per heavy atom. The number of rotatable bonds is 3. The van der Waals surface area contributed by atoms with Crippen LogP contribution in [-0.2, 0) is 12.7 Å². The van der Waals surface area contributed by atoms with Gasteiger partial charge in [-0.2, -0.15) is 13.2 Å². The van der Waals surface area contributed by atoms with Crippen LogP contribution in [0.2, 0.25) is 0 Å². The molecule has 0 saturated heterocycles. The van der Waals surface area contributed by atoms with E-state index in [0.717, 1.165) is 11.6 Å². The average Bonchev–Trinajstić information content (AvgIpc) is 2.38. The Labute approximate surface area is 128 Å². The second kappa shape index (κ2) is 5.90. The molecular formula is C14H12F3IN2. The zero-order valence-corrected chi connectivity index (χ0v) is 12.5. The van der Waals surface area contributed by atoms with Gasteiger partial charge in [-0.25, -0.2) is 0 Å². The van der Waals surface area contributed by atoms with Crippen LogP contribution in [0.1, 0.15) is 11.1 Å². The predicted octanol–water partition coefficient (Wildman–Crippen LogP) is 4.50. The van der Waals surface area contributed by atoms with Crippen molar-refractivity contribution in [3.8, 4) is 0 Å². The number of halogens is 4. The molecule has 106 valence electrons. The van der Waals surface area contributed by atoms with Crippen molar-refractivity contribution >= 4 is 34.0 Å². The average molecular weight is 392 g/mol. The molecule has 0 spiro atoms. The number of nitrogens with one attached hydrogen (secondary N) is 1. The number of anilines is 2. The van der Waals surface area contributed by atoms with Crippen LogP contribution in [0.3, 0.4) is 0 Å². The fourth-order valence-corrected chi connectivity index (χ4v) is 2.76. The normalized spacial score (nSPS) is 11.4. The van der Waals surface area contributed by atoms with E-state index in [4.69, 9.17) is 5.73 Å². The predicted molar refractivity (Wildman–Crippen MR) is 82.3 cm³/mol. The Hall–Kier alpha value is -1.44. The standard InChI is InChI=1S/C14H12F3IN2/c15-14(16,17)10-6-7-11(19)13(12(10)18)20-8-9-4-2-1-3-5-9/h1-7,20H,8,19H2. The third-order valence-corrected chi connectivity index (χ3v) is 3.91. The van der Waals surface area contributed by atoms with Crippen LogP contribution in [0.15, 0.2) is 42.5 Å². The van der Waals surface area contributed by atoms with Crippen LogP contribution >= 0.6 is 22.6 Å². The summed E-state index contributed by atoms with van der Waals surface area (Å²) in [6, 6.07) is 11.7. The van der Waals surface area contributed by atoms with Crippen LogP contribution < -0.4 is 11.1 Å². The molecule has 3 N–H and O–H groups in total. The zero-order chi connectivity index (χ0) is 14.8. The molecule has 0 radical (unpaired) electrons. The summed E-state index contributed by atoms with van der Waals surface area (Å²) in [5.74, 6) is 0. The first-order valence-corrected chi connectivity index (χ1v) is 6.90. The maximum atomic E-state index is 12.9. The van der Waals surface area contributed by atoms with Crippen LogP contribution in [-0.4, -0.2) is 0 Å². The third-order valence-electron chi connectivity index (χ3n) is 2.79. The first-order valence-electron chi connectivity index (χ1n) is 5.82. The van der Waals surface area contributed by atoms with Gasteiger partial charge < -0.3 is 11.1 Å². The molecule has 2 aromatic rings. The van der Waals surface area contributed by atoms with Crippen LogP contribution in [0.25, 0.3) is 0 Å². The molecule has 0 heterocycles. The van der Waals surface area contributed by atoms with Crippen molar-refractivity contribution in [1.82, 2.24) is 0 Å². The zero-order valence-electron chi connectivity index (χ0n) is 10.3. The Kier molecular flexibility index (Phi) is 4.42. The van der Waals surface area contributed by atoms with Gasteiger partial charge in [0.25, 0.3) is 0 Å². The van der Waals surface area contributed by atoms with E-state index in [1.54, 1.807) is 22.6 Å². The lowest BCUT2D eigenvalue weighted by molar-refractivity contribution is -0.138. The minimum Gasteiger partial charge on any atom is -0.397 e. The summed E-state index contributed by atoms with van der Waals surface area (Å²) in [6.45, 7) is 0.419. The topological polar surface area (TPSA) is 38.0 Å². The lowest BCUT2D eigenvalue weighted by atomic mass is 10.1. The molecular weight excluding hydrogens is 380 g/mol. The fraction of sp³-hybridized carbons (Fsp3) is 0.143. The summed E-state index contributed by atoms with van der Waals surface area (Å²) in [6.07, 6.45) is -4.38. The van der Waals surface area contributed by atoms with E-state index in [0.29, 0.717) is 17.9 Å². The first-order chi connectivity index (χ1) is 9.39. The van der Waals surface area contributed by atoms with Crippen molar-refractivity contribution in [2.24, 2.45) is 0 Å². The quantitative estimate of drug-likeness (QED) is 0.596. The van der Waals surface area contributed by atoms with Crippen LogP contribution in [0, 0.1) is 3.57 Å². The number of hydrogen-bond donors (Lipinski definition) is 2. The minimum absolute atomic E-state index is 0.0889. The molecule has 2 rings (SSSR count). The molecule has 0 saturated carbocycles. The molecule has 0 aliphatic rings. The minimum atomic E-state index is -4.38. The van der Waals surface area contributed by atoms with Gasteiger partial charge in [0.05, 0.1) is 20.5 Å². The number of benzene rings is 2. The smallest absolute Gasteiger partial charge is 0.397 e. The molecule has 6 heteroatoms. The summed E-state index contributed by atoms with van der Waals surface area (Å²) >= 11 is 1.67. The largest absolute Gasteiger partial charge is 0.417 e. The van der Waals surface area contributed by atoms with E-state index in [1.807, 2.05) is 30.3 Å². The van der Waals surface area contributed by atoms with Crippen molar-refractivity contribution in [3.05, 3.63) is 57.2 Å². The highest BCUT2D eigenvalue weighted by atomic mass is 127. The molecule has 0 fully saturated rings. The Balaban J connectivity index is 2.27. The second-order valence-electron chi connectivity index (χ2n) is 4.23. The van der Waals surface area contributed by atoms with Gasteiger partial charge in [-0.05, 0) is 40.3 Å². The molecule has 0 bridgehead atoms. The number of nitrogens with two attached hydrogens (primary N) is 1. The number of alkyl halides is 3. The van der Waals surface area contributed by atoms with E-state index in [2.05, 4.69) is 5.32 Å². The highest BCUT2D eigenvalue weighted by Gasteiger charge is 2.34. The van der Waals surface area contributed by atoms with Gasteiger partial charge in [0.15, 0.2) is 0 Å². The maximum Gasteiger partial charge on any atom is 0.417 e. The molecule has 2 aromatic carbocycles. The van der Waals surface area contributed by atoms with Crippen molar-refractivity contribution in [2.45, 2.75) is 12.7 Å². The van der Waals surface area contributed by atoms with Gasteiger partial charge in [0, 0.05) is 6.54 Å². The van der Waals surface area contributed by atoms with Crippen LogP contribution in [0.5, 0.6) is 0 Å². The molecule has 0 amide bonds. The van der Waals surface area contributed by atoms with Crippen molar-refractivity contribution in [2.75, 3.05) is 11.1 Å². The number of nitrogen functional groups attached to an aromatic ring is 1. The molecule has 0 atom stereocenters. The van der Waals surface area contributed by atoms with Crippen molar-refractivity contribution < 1.29 is 13.2 Å². The van der Waals surface area contributed by atoms with E-state index in [-0.39, 0.29) is 3.57 Å². The SMILES string of the molecule is Nc1ccc(C(F)(F)F)c(I)c1NCc1ccccc1. The Morgan fingerprint density at radius 2 is 1.70 bits per heavy atom. The van der Waals surface area contributed by atoms with Crippen molar-refractivity contribution in [1.29, 1.82) is 0 Å². The van der Waals surface area contributed by atoms with Crippen LogP contribution in [0.4, 0.5) is 24.5 Å². The van der Waals surface area contributed by atoms with E-state index in [9.17, 15) is 13.2 Å². The molecule has 0 unspecified atom stereocenters.